The van der Waals surface area contributed by atoms with E-state index in [4.69, 9.17) is 5.73 Å². The number of rotatable bonds is 3. The SMILES string of the molecule is CCC(O)C(N)c1ccc(F)c(F)c1. The van der Waals surface area contributed by atoms with Gasteiger partial charge in [0.25, 0.3) is 0 Å². The maximum Gasteiger partial charge on any atom is 0.159 e. The van der Waals surface area contributed by atoms with E-state index in [0.29, 0.717) is 12.0 Å². The van der Waals surface area contributed by atoms with E-state index in [1.54, 1.807) is 6.92 Å². The van der Waals surface area contributed by atoms with E-state index in [1.165, 1.54) is 6.07 Å². The van der Waals surface area contributed by atoms with Gasteiger partial charge in [0.1, 0.15) is 0 Å². The van der Waals surface area contributed by atoms with Crippen LogP contribution in [0.5, 0.6) is 0 Å². The predicted molar refractivity (Wildman–Crippen MR) is 49.6 cm³/mol. The van der Waals surface area contributed by atoms with Crippen molar-refractivity contribution in [1.29, 1.82) is 0 Å². The number of hydrogen-bond donors (Lipinski definition) is 2. The van der Waals surface area contributed by atoms with Crippen LogP contribution < -0.4 is 5.73 Å². The highest BCUT2D eigenvalue weighted by Gasteiger charge is 2.16. The average Bonchev–Trinajstić information content (AvgIpc) is 2.20. The van der Waals surface area contributed by atoms with Crippen LogP contribution >= 0.6 is 0 Å². The Balaban J connectivity index is 2.91. The summed E-state index contributed by atoms with van der Waals surface area (Å²) in [6, 6.07) is 2.73. The lowest BCUT2D eigenvalue weighted by Crippen LogP contribution is -2.25. The molecule has 1 aromatic carbocycles. The molecule has 0 aromatic heterocycles. The van der Waals surface area contributed by atoms with Crippen molar-refractivity contribution in [3.05, 3.63) is 35.4 Å². The van der Waals surface area contributed by atoms with E-state index in [9.17, 15) is 13.9 Å². The molecule has 0 saturated heterocycles. The number of benzene rings is 1. The van der Waals surface area contributed by atoms with Crippen molar-refractivity contribution in [1.82, 2.24) is 0 Å². The largest absolute Gasteiger partial charge is 0.391 e. The van der Waals surface area contributed by atoms with Crippen molar-refractivity contribution in [3.8, 4) is 0 Å². The first-order valence-electron chi connectivity index (χ1n) is 4.44. The van der Waals surface area contributed by atoms with Crippen molar-refractivity contribution in [2.45, 2.75) is 25.5 Å². The Kier molecular flexibility index (Phi) is 3.55. The van der Waals surface area contributed by atoms with E-state index in [1.807, 2.05) is 0 Å². The van der Waals surface area contributed by atoms with Crippen molar-refractivity contribution in [2.24, 2.45) is 5.73 Å². The van der Waals surface area contributed by atoms with Crippen molar-refractivity contribution in [3.63, 3.8) is 0 Å². The third kappa shape index (κ3) is 2.27. The molecule has 3 N–H and O–H groups in total. The molecule has 78 valence electrons. The standard InChI is InChI=1S/C10H13F2NO/c1-2-9(14)10(13)6-3-4-7(11)8(12)5-6/h3-5,9-10,14H,2,13H2,1H3. The van der Waals surface area contributed by atoms with Gasteiger partial charge in [0.2, 0.25) is 0 Å². The van der Waals surface area contributed by atoms with Gasteiger partial charge in [-0.15, -0.1) is 0 Å². The Bertz CT molecular complexity index is 317. The van der Waals surface area contributed by atoms with Gasteiger partial charge in [-0.3, -0.25) is 0 Å². The summed E-state index contributed by atoms with van der Waals surface area (Å²) in [6.07, 6.45) is -0.264. The topological polar surface area (TPSA) is 46.2 Å². The Morgan fingerprint density at radius 1 is 1.36 bits per heavy atom. The van der Waals surface area contributed by atoms with Crippen molar-refractivity contribution in [2.75, 3.05) is 0 Å². The second-order valence-electron chi connectivity index (χ2n) is 3.17. The molecule has 0 bridgehead atoms. The summed E-state index contributed by atoms with van der Waals surface area (Å²) < 4.78 is 25.4. The van der Waals surface area contributed by atoms with Gasteiger partial charge in [0.15, 0.2) is 11.6 Å². The zero-order valence-electron chi connectivity index (χ0n) is 7.87. The number of aliphatic hydroxyl groups excluding tert-OH is 1. The maximum absolute atomic E-state index is 12.8. The molecule has 0 aliphatic carbocycles. The van der Waals surface area contributed by atoms with Gasteiger partial charge in [-0.05, 0) is 24.1 Å². The molecule has 2 nitrogen and oxygen atoms in total. The van der Waals surface area contributed by atoms with Gasteiger partial charge in [-0.2, -0.15) is 0 Å². The highest BCUT2D eigenvalue weighted by Crippen LogP contribution is 2.18. The highest BCUT2D eigenvalue weighted by molar-refractivity contribution is 5.21. The normalized spacial score (nSPS) is 15.2. The lowest BCUT2D eigenvalue weighted by atomic mass is 10.0. The zero-order valence-corrected chi connectivity index (χ0v) is 7.87. The van der Waals surface area contributed by atoms with E-state index in [-0.39, 0.29) is 0 Å². The van der Waals surface area contributed by atoms with Crippen molar-refractivity contribution >= 4 is 0 Å². The minimum absolute atomic E-state index is 0.401. The molecular weight excluding hydrogens is 188 g/mol. The molecule has 14 heavy (non-hydrogen) atoms. The quantitative estimate of drug-likeness (QED) is 0.782. The summed E-state index contributed by atoms with van der Waals surface area (Å²) in [7, 11) is 0. The molecule has 0 aliphatic rings. The minimum Gasteiger partial charge on any atom is -0.391 e. The van der Waals surface area contributed by atoms with Crippen LogP contribution in [-0.2, 0) is 0 Å². The highest BCUT2D eigenvalue weighted by atomic mass is 19.2. The van der Waals surface area contributed by atoms with Crippen LogP contribution in [0.25, 0.3) is 0 Å². The molecule has 4 heteroatoms. The van der Waals surface area contributed by atoms with E-state index in [2.05, 4.69) is 0 Å². The van der Waals surface area contributed by atoms with Gasteiger partial charge in [0, 0.05) is 0 Å². The van der Waals surface area contributed by atoms with Crippen LogP contribution in [0.2, 0.25) is 0 Å². The lowest BCUT2D eigenvalue weighted by Gasteiger charge is -2.17. The average molecular weight is 201 g/mol. The maximum atomic E-state index is 12.8. The molecule has 2 atom stereocenters. The Labute approximate surface area is 81.4 Å². The van der Waals surface area contributed by atoms with Crippen LogP contribution in [0.4, 0.5) is 8.78 Å². The molecule has 0 saturated carbocycles. The molecule has 0 fully saturated rings. The number of halogens is 2. The summed E-state index contributed by atoms with van der Waals surface area (Å²) in [6.45, 7) is 1.77. The first-order chi connectivity index (χ1) is 6.56. The molecule has 1 rings (SSSR count). The first-order valence-corrected chi connectivity index (χ1v) is 4.44. The minimum atomic E-state index is -0.943. The molecule has 0 aliphatic heterocycles. The molecule has 0 spiro atoms. The third-order valence-corrected chi connectivity index (χ3v) is 2.16. The second kappa shape index (κ2) is 4.48. The number of hydrogen-bond acceptors (Lipinski definition) is 2. The molecule has 0 amide bonds. The van der Waals surface area contributed by atoms with Gasteiger partial charge >= 0.3 is 0 Å². The fourth-order valence-corrected chi connectivity index (χ4v) is 1.20. The summed E-state index contributed by atoms with van der Waals surface area (Å²) in [5.74, 6) is -1.85. The van der Waals surface area contributed by atoms with Crippen LogP contribution in [0.3, 0.4) is 0 Å². The van der Waals surface area contributed by atoms with E-state index < -0.39 is 23.8 Å². The molecule has 1 aromatic rings. The smallest absolute Gasteiger partial charge is 0.159 e. The molecule has 0 radical (unpaired) electrons. The third-order valence-electron chi connectivity index (χ3n) is 2.16. The predicted octanol–water partition coefficient (Wildman–Crippen LogP) is 1.74. The Hall–Kier alpha value is -1.00. The molecule has 2 unspecified atom stereocenters. The number of aliphatic hydroxyl groups is 1. The summed E-state index contributed by atoms with van der Waals surface area (Å²) in [4.78, 5) is 0. The zero-order chi connectivity index (χ0) is 10.7. The van der Waals surface area contributed by atoms with Gasteiger partial charge in [-0.25, -0.2) is 8.78 Å². The van der Waals surface area contributed by atoms with Gasteiger partial charge in [0.05, 0.1) is 12.1 Å². The first kappa shape index (κ1) is 11.1. The Morgan fingerprint density at radius 2 is 2.00 bits per heavy atom. The fraction of sp³-hybridized carbons (Fsp3) is 0.400. The second-order valence-corrected chi connectivity index (χ2v) is 3.17. The van der Waals surface area contributed by atoms with Gasteiger partial charge < -0.3 is 10.8 Å². The van der Waals surface area contributed by atoms with E-state index >= 15 is 0 Å². The van der Waals surface area contributed by atoms with Crippen LogP contribution in [0.15, 0.2) is 18.2 Å². The van der Waals surface area contributed by atoms with E-state index in [0.717, 1.165) is 12.1 Å². The van der Waals surface area contributed by atoms with Crippen molar-refractivity contribution < 1.29 is 13.9 Å². The number of nitrogens with two attached hydrogens (primary N) is 1. The fourth-order valence-electron chi connectivity index (χ4n) is 1.20. The van der Waals surface area contributed by atoms with Crippen LogP contribution in [-0.4, -0.2) is 11.2 Å². The molecule has 0 heterocycles. The Morgan fingerprint density at radius 3 is 2.50 bits per heavy atom. The summed E-state index contributed by atoms with van der Waals surface area (Å²) >= 11 is 0. The monoisotopic (exact) mass is 201 g/mol. The molecular formula is C10H13F2NO. The van der Waals surface area contributed by atoms with Crippen LogP contribution in [0, 0.1) is 11.6 Å². The summed E-state index contributed by atoms with van der Waals surface area (Å²) in [5.41, 5.74) is 6.03. The lowest BCUT2D eigenvalue weighted by molar-refractivity contribution is 0.140. The van der Waals surface area contributed by atoms with Gasteiger partial charge in [-0.1, -0.05) is 13.0 Å². The summed E-state index contributed by atoms with van der Waals surface area (Å²) in [5, 5.41) is 9.40. The van der Waals surface area contributed by atoms with Crippen LogP contribution in [0.1, 0.15) is 24.9 Å².